The van der Waals surface area contributed by atoms with Crippen molar-refractivity contribution in [2.45, 2.75) is 71.7 Å². The van der Waals surface area contributed by atoms with Crippen LogP contribution in [0.4, 0.5) is 8.78 Å². The Bertz CT molecular complexity index is 1470. The largest absolute Gasteiger partial charge is 0.338 e. The van der Waals surface area contributed by atoms with Gasteiger partial charge in [-0.3, -0.25) is 14.7 Å². The number of aromatic nitrogens is 4. The van der Waals surface area contributed by atoms with Gasteiger partial charge in [0.25, 0.3) is 6.43 Å². The molecule has 1 aliphatic heterocycles. The van der Waals surface area contributed by atoms with Crippen LogP contribution in [0, 0.1) is 5.92 Å². The summed E-state index contributed by atoms with van der Waals surface area (Å²) >= 11 is 6.47. The molecule has 2 aromatic heterocycles. The van der Waals surface area contributed by atoms with Gasteiger partial charge < -0.3 is 9.47 Å². The van der Waals surface area contributed by atoms with Gasteiger partial charge in [-0.2, -0.15) is 5.10 Å². The lowest BCUT2D eigenvalue weighted by Gasteiger charge is -2.38. The van der Waals surface area contributed by atoms with Crippen LogP contribution in [0.25, 0.3) is 10.9 Å². The number of rotatable bonds is 9. The number of ketones is 1. The molecule has 1 fully saturated rings. The van der Waals surface area contributed by atoms with Crippen molar-refractivity contribution >= 4 is 34.2 Å². The summed E-state index contributed by atoms with van der Waals surface area (Å²) in [7, 11) is 0. The molecule has 1 aromatic carbocycles. The van der Waals surface area contributed by atoms with Crippen LogP contribution >= 0.6 is 11.6 Å². The van der Waals surface area contributed by atoms with Crippen molar-refractivity contribution in [3.05, 3.63) is 58.3 Å². The second kappa shape index (κ2) is 10.6. The molecule has 0 bridgehead atoms. The molecule has 4 rings (SSSR count). The Morgan fingerprint density at radius 1 is 1.32 bits per heavy atom. The second-order valence-corrected chi connectivity index (χ2v) is 11.4. The van der Waals surface area contributed by atoms with Gasteiger partial charge in [-0.05, 0) is 49.5 Å². The number of nitrogens with zero attached hydrogens (tertiary/aromatic N) is 4. The lowest BCUT2D eigenvalue weighted by Crippen LogP contribution is -2.50. The predicted molar refractivity (Wildman–Crippen MR) is 144 cm³/mol. The van der Waals surface area contributed by atoms with Gasteiger partial charge in [-0.1, -0.05) is 39.0 Å². The summed E-state index contributed by atoms with van der Waals surface area (Å²) in [6, 6.07) is 3.08. The third-order valence-electron chi connectivity index (χ3n) is 6.80. The quantitative estimate of drug-likeness (QED) is 0.254. The number of nitrogens with one attached hydrogen (secondary N) is 1. The van der Waals surface area contributed by atoms with Crippen molar-refractivity contribution in [1.82, 2.24) is 24.6 Å². The number of benzene rings is 1. The highest BCUT2D eigenvalue weighted by Crippen LogP contribution is 2.34. The number of likely N-dealkylation sites (tertiary alicyclic amines) is 1. The number of hydrogen-bond acceptors (Lipinski definition) is 4. The predicted octanol–water partition coefficient (Wildman–Crippen LogP) is 6.23. The Morgan fingerprint density at radius 2 is 2.00 bits per heavy atom. The molecule has 1 aliphatic rings. The van der Waals surface area contributed by atoms with Crippen molar-refractivity contribution < 1.29 is 21.1 Å². The van der Waals surface area contributed by atoms with E-state index in [1.165, 1.54) is 15.5 Å². The SMILES string of the molecule is [2H]C([2H])(Cc1[nH]nc2cc(Cl)c(C(C)(C)C)cc12)c1nc(C(F)F)c(C(=O)CC2CN(C(=O)C=C)C2)n1C(C)C. The minimum Gasteiger partial charge on any atom is -0.338 e. The van der Waals surface area contributed by atoms with Crippen molar-refractivity contribution in [2.24, 2.45) is 5.92 Å². The molecule has 0 spiro atoms. The molecule has 7 nitrogen and oxygen atoms in total. The maximum atomic E-state index is 14.2. The zero-order valence-electron chi connectivity index (χ0n) is 24.2. The molecule has 3 aromatic rings. The van der Waals surface area contributed by atoms with Gasteiger partial charge in [0, 0.05) is 56.7 Å². The Labute approximate surface area is 229 Å². The summed E-state index contributed by atoms with van der Waals surface area (Å²) in [4.78, 5) is 30.7. The fourth-order valence-corrected chi connectivity index (χ4v) is 5.28. The van der Waals surface area contributed by atoms with Gasteiger partial charge in [0.1, 0.15) is 17.2 Å². The number of hydrogen-bond donors (Lipinski definition) is 1. The van der Waals surface area contributed by atoms with E-state index >= 15 is 0 Å². The number of carbonyl (C=O) groups is 2. The number of carbonyl (C=O) groups excluding carboxylic acids is 2. The molecular weight excluding hydrogens is 512 g/mol. The Morgan fingerprint density at radius 3 is 2.58 bits per heavy atom. The van der Waals surface area contributed by atoms with Crippen LogP contribution < -0.4 is 0 Å². The maximum Gasteiger partial charge on any atom is 0.282 e. The number of alkyl halides is 2. The smallest absolute Gasteiger partial charge is 0.282 e. The van der Waals surface area contributed by atoms with Crippen molar-refractivity contribution in [3.63, 3.8) is 0 Å². The average Bonchev–Trinajstić information content (AvgIpc) is 3.41. The van der Waals surface area contributed by atoms with E-state index in [0.717, 1.165) is 5.56 Å². The summed E-state index contributed by atoms with van der Waals surface area (Å²) in [5.41, 5.74) is 0.606. The van der Waals surface area contributed by atoms with E-state index in [2.05, 4.69) is 21.8 Å². The van der Waals surface area contributed by atoms with Crippen molar-refractivity contribution in [3.8, 4) is 0 Å². The van der Waals surface area contributed by atoms with Crippen molar-refractivity contribution in [1.29, 1.82) is 0 Å². The number of halogens is 3. The zero-order valence-corrected chi connectivity index (χ0v) is 23.0. The monoisotopic (exact) mass is 547 g/mol. The third kappa shape index (κ3) is 5.39. The Balaban J connectivity index is 1.71. The molecule has 1 amide bonds. The number of aromatic amines is 1. The lowest BCUT2D eigenvalue weighted by atomic mass is 9.86. The number of aryl methyl sites for hydroxylation is 2. The first kappa shape index (κ1) is 25.2. The summed E-state index contributed by atoms with van der Waals surface area (Å²) in [6.45, 7) is 13.6. The van der Waals surface area contributed by atoms with Crippen LogP contribution in [0.5, 0.6) is 0 Å². The van der Waals surface area contributed by atoms with Crippen LogP contribution in [-0.2, 0) is 23.0 Å². The summed E-state index contributed by atoms with van der Waals surface area (Å²) < 4.78 is 47.6. The van der Waals surface area contributed by atoms with Gasteiger partial charge in [0.15, 0.2) is 5.78 Å². The topological polar surface area (TPSA) is 83.9 Å². The number of amides is 1. The summed E-state index contributed by atoms with van der Waals surface area (Å²) in [5, 5.41) is 8.38. The second-order valence-electron chi connectivity index (χ2n) is 11.0. The van der Waals surface area contributed by atoms with E-state index in [9.17, 15) is 18.4 Å². The molecule has 0 radical (unpaired) electrons. The van der Waals surface area contributed by atoms with E-state index in [1.807, 2.05) is 26.8 Å². The highest BCUT2D eigenvalue weighted by atomic mass is 35.5. The molecule has 1 N–H and O–H groups in total. The fraction of sp³-hybridized carbons (Fsp3) is 0.500. The van der Waals surface area contributed by atoms with E-state index in [4.69, 9.17) is 14.3 Å². The molecular formula is C28H34ClF2N5O2. The van der Waals surface area contributed by atoms with E-state index in [0.29, 0.717) is 34.7 Å². The van der Waals surface area contributed by atoms with Crippen LogP contribution in [0.2, 0.25) is 5.02 Å². The van der Waals surface area contributed by atoms with Crippen LogP contribution in [0.1, 0.15) is 89.5 Å². The maximum absolute atomic E-state index is 14.2. The van der Waals surface area contributed by atoms with Crippen molar-refractivity contribution in [2.75, 3.05) is 13.1 Å². The highest BCUT2D eigenvalue weighted by Gasteiger charge is 2.35. The number of H-pyrrole nitrogens is 1. The highest BCUT2D eigenvalue weighted by molar-refractivity contribution is 6.32. The first-order chi connectivity index (χ1) is 18.5. The van der Waals surface area contributed by atoms with Crippen LogP contribution in [-0.4, -0.2) is 49.4 Å². The van der Waals surface area contributed by atoms with Crippen LogP contribution in [0.3, 0.4) is 0 Å². The molecule has 0 atom stereocenters. The van der Waals surface area contributed by atoms with E-state index < -0.39 is 30.3 Å². The van der Waals surface area contributed by atoms with Gasteiger partial charge in [-0.15, -0.1) is 0 Å². The Hall–Kier alpha value is -3.07. The number of imidazole rings is 1. The first-order valence-electron chi connectivity index (χ1n) is 13.6. The van der Waals surface area contributed by atoms with Gasteiger partial charge in [-0.25, -0.2) is 13.8 Å². The summed E-state index contributed by atoms with van der Waals surface area (Å²) in [5.74, 6) is -1.22. The first-order valence-corrected chi connectivity index (χ1v) is 12.9. The number of fused-ring (bicyclic) bond motifs is 1. The standard InChI is InChI=1S/C28H34ClF2N5O2/c1-7-24(38)35-13-16(14-35)10-22(37)26-25(27(30)31)32-23(36(26)15(2)3)9-8-20-17-11-18(28(4,5)6)19(29)12-21(17)34-33-20/h7,11-12,15-16,27H,1,8-10,13-14H2,2-6H3,(H,33,34)/i9D2. The molecule has 38 heavy (non-hydrogen) atoms. The molecule has 204 valence electrons. The lowest BCUT2D eigenvalue weighted by molar-refractivity contribution is -0.132. The zero-order chi connectivity index (χ0) is 29.7. The minimum absolute atomic E-state index is 0.0526. The van der Waals surface area contributed by atoms with E-state index in [1.54, 1.807) is 19.9 Å². The van der Waals surface area contributed by atoms with E-state index in [-0.39, 0.29) is 41.6 Å². The average molecular weight is 548 g/mol. The normalized spacial score (nSPS) is 15.7. The van der Waals surface area contributed by atoms with Gasteiger partial charge in [0.05, 0.1) is 5.52 Å². The molecule has 0 saturated carbocycles. The Kier molecular flexibility index (Phi) is 7.03. The van der Waals surface area contributed by atoms with Gasteiger partial charge >= 0.3 is 0 Å². The fourth-order valence-electron chi connectivity index (χ4n) is 4.84. The molecule has 0 unspecified atom stereocenters. The third-order valence-corrected chi connectivity index (χ3v) is 7.11. The van der Waals surface area contributed by atoms with Gasteiger partial charge in [0.2, 0.25) is 5.91 Å². The number of Topliss-reactive ketones (excluding diaryl/α,β-unsaturated/α-hetero) is 1. The molecule has 10 heteroatoms. The summed E-state index contributed by atoms with van der Waals surface area (Å²) in [6.07, 6.45) is -4.40. The molecule has 3 heterocycles. The minimum atomic E-state index is -3.07. The molecule has 1 saturated heterocycles. The van der Waals surface area contributed by atoms with Crippen LogP contribution in [0.15, 0.2) is 24.8 Å². The molecule has 0 aliphatic carbocycles.